The van der Waals surface area contributed by atoms with Crippen LogP contribution in [0.2, 0.25) is 0 Å². The second kappa shape index (κ2) is 3.44. The SMILES string of the molecule is CSc1ccc([N+](=O)[O-])cc1N. The minimum atomic E-state index is -0.458. The lowest BCUT2D eigenvalue weighted by Gasteiger charge is -2.00. The maximum Gasteiger partial charge on any atom is 0.271 e. The van der Waals surface area contributed by atoms with Gasteiger partial charge in [-0.1, -0.05) is 0 Å². The second-order valence-electron chi connectivity index (χ2n) is 2.18. The third-order valence-corrected chi connectivity index (χ3v) is 2.24. The van der Waals surface area contributed by atoms with Crippen molar-refractivity contribution in [1.82, 2.24) is 0 Å². The molecule has 0 heterocycles. The standard InChI is InChI=1S/C7H8N2O2S/c1-12-7-3-2-5(9(10)11)4-6(7)8/h2-4H,8H2,1H3. The summed E-state index contributed by atoms with van der Waals surface area (Å²) < 4.78 is 0. The van der Waals surface area contributed by atoms with E-state index in [9.17, 15) is 10.1 Å². The maximum atomic E-state index is 10.3. The van der Waals surface area contributed by atoms with Crippen LogP contribution in [0.3, 0.4) is 0 Å². The van der Waals surface area contributed by atoms with Gasteiger partial charge >= 0.3 is 0 Å². The Balaban J connectivity index is 3.10. The van der Waals surface area contributed by atoms with E-state index in [1.54, 1.807) is 6.07 Å². The van der Waals surface area contributed by atoms with Crippen molar-refractivity contribution in [3.63, 3.8) is 0 Å². The smallest absolute Gasteiger partial charge is 0.271 e. The Hall–Kier alpha value is -1.23. The Morgan fingerprint density at radius 1 is 1.58 bits per heavy atom. The van der Waals surface area contributed by atoms with Crippen molar-refractivity contribution in [3.05, 3.63) is 28.3 Å². The van der Waals surface area contributed by atoms with Gasteiger partial charge in [0.1, 0.15) is 0 Å². The Morgan fingerprint density at radius 2 is 2.25 bits per heavy atom. The number of nitro benzene ring substituents is 1. The molecule has 2 N–H and O–H groups in total. The number of anilines is 1. The quantitative estimate of drug-likeness (QED) is 0.330. The highest BCUT2D eigenvalue weighted by atomic mass is 32.2. The molecule has 1 aromatic carbocycles. The topological polar surface area (TPSA) is 69.2 Å². The number of nitrogens with two attached hydrogens (primary N) is 1. The average molecular weight is 184 g/mol. The van der Waals surface area contributed by atoms with Crippen molar-refractivity contribution in [2.45, 2.75) is 4.90 Å². The van der Waals surface area contributed by atoms with Crippen LogP contribution in [0.25, 0.3) is 0 Å². The number of rotatable bonds is 2. The van der Waals surface area contributed by atoms with Crippen LogP contribution in [0.1, 0.15) is 0 Å². The van der Waals surface area contributed by atoms with Gasteiger partial charge in [-0.05, 0) is 12.3 Å². The maximum absolute atomic E-state index is 10.3. The van der Waals surface area contributed by atoms with Crippen LogP contribution in [0, 0.1) is 10.1 Å². The van der Waals surface area contributed by atoms with Gasteiger partial charge in [-0.15, -0.1) is 11.8 Å². The molecule has 0 amide bonds. The average Bonchev–Trinajstić information content (AvgIpc) is 2.04. The van der Waals surface area contributed by atoms with Crippen LogP contribution in [-0.2, 0) is 0 Å². The lowest BCUT2D eigenvalue weighted by atomic mass is 10.3. The van der Waals surface area contributed by atoms with Gasteiger partial charge in [0.15, 0.2) is 0 Å². The molecule has 5 heteroatoms. The van der Waals surface area contributed by atoms with Crippen LogP contribution in [0.5, 0.6) is 0 Å². The molecule has 0 aromatic heterocycles. The highest BCUT2D eigenvalue weighted by molar-refractivity contribution is 7.98. The first-order chi connectivity index (χ1) is 5.65. The van der Waals surface area contributed by atoms with Crippen molar-refractivity contribution in [2.24, 2.45) is 0 Å². The number of thioether (sulfide) groups is 1. The molecule has 0 aliphatic heterocycles. The van der Waals surface area contributed by atoms with Crippen LogP contribution in [0.15, 0.2) is 23.1 Å². The molecule has 0 fully saturated rings. The Labute approximate surface area is 73.9 Å². The zero-order chi connectivity index (χ0) is 9.14. The minimum Gasteiger partial charge on any atom is -0.398 e. The molecule has 12 heavy (non-hydrogen) atoms. The summed E-state index contributed by atoms with van der Waals surface area (Å²) in [5.41, 5.74) is 6.03. The van der Waals surface area contributed by atoms with E-state index >= 15 is 0 Å². The molecule has 1 aromatic rings. The van der Waals surface area contributed by atoms with E-state index in [1.165, 1.54) is 23.9 Å². The van der Waals surface area contributed by atoms with Crippen molar-refractivity contribution >= 4 is 23.1 Å². The molecule has 0 atom stereocenters. The lowest BCUT2D eigenvalue weighted by molar-refractivity contribution is -0.384. The van der Waals surface area contributed by atoms with E-state index in [4.69, 9.17) is 5.73 Å². The van der Waals surface area contributed by atoms with Gasteiger partial charge in [0.25, 0.3) is 5.69 Å². The van der Waals surface area contributed by atoms with Crippen molar-refractivity contribution in [1.29, 1.82) is 0 Å². The summed E-state index contributed by atoms with van der Waals surface area (Å²) in [5.74, 6) is 0. The van der Waals surface area contributed by atoms with Crippen molar-refractivity contribution < 1.29 is 4.92 Å². The van der Waals surface area contributed by atoms with Crippen molar-refractivity contribution in [3.8, 4) is 0 Å². The summed E-state index contributed by atoms with van der Waals surface area (Å²) in [6.07, 6.45) is 1.87. The van der Waals surface area contributed by atoms with Crippen LogP contribution in [-0.4, -0.2) is 11.2 Å². The first-order valence-corrected chi connectivity index (χ1v) is 4.45. The first-order valence-electron chi connectivity index (χ1n) is 3.23. The molecule has 0 aliphatic carbocycles. The largest absolute Gasteiger partial charge is 0.398 e. The summed E-state index contributed by atoms with van der Waals surface area (Å²) in [5, 5.41) is 10.3. The van der Waals surface area contributed by atoms with E-state index in [2.05, 4.69) is 0 Å². The van der Waals surface area contributed by atoms with E-state index in [0.717, 1.165) is 4.90 Å². The molecule has 64 valence electrons. The molecule has 0 unspecified atom stereocenters. The lowest BCUT2D eigenvalue weighted by Crippen LogP contribution is -1.92. The van der Waals surface area contributed by atoms with Gasteiger partial charge in [-0.3, -0.25) is 10.1 Å². The van der Waals surface area contributed by atoms with E-state index in [1.807, 2.05) is 6.26 Å². The Morgan fingerprint density at radius 3 is 2.67 bits per heavy atom. The van der Waals surface area contributed by atoms with Gasteiger partial charge in [0, 0.05) is 17.0 Å². The molecular weight excluding hydrogens is 176 g/mol. The highest BCUT2D eigenvalue weighted by Gasteiger charge is 2.07. The minimum absolute atomic E-state index is 0.0327. The monoisotopic (exact) mass is 184 g/mol. The Bertz CT molecular complexity index is 314. The summed E-state index contributed by atoms with van der Waals surface area (Å²) in [6, 6.07) is 4.46. The summed E-state index contributed by atoms with van der Waals surface area (Å²) in [7, 11) is 0. The molecular formula is C7H8N2O2S. The van der Waals surface area contributed by atoms with E-state index in [0.29, 0.717) is 5.69 Å². The number of nitrogens with zero attached hydrogens (tertiary/aromatic N) is 1. The molecule has 0 radical (unpaired) electrons. The zero-order valence-corrected chi connectivity index (χ0v) is 7.30. The molecule has 4 nitrogen and oxygen atoms in total. The van der Waals surface area contributed by atoms with Gasteiger partial charge in [-0.25, -0.2) is 0 Å². The van der Waals surface area contributed by atoms with Gasteiger partial charge in [-0.2, -0.15) is 0 Å². The molecule has 0 saturated carbocycles. The third kappa shape index (κ3) is 1.68. The molecule has 0 saturated heterocycles. The number of non-ortho nitro benzene ring substituents is 1. The van der Waals surface area contributed by atoms with Crippen molar-refractivity contribution in [2.75, 3.05) is 12.0 Å². The molecule has 0 aliphatic rings. The third-order valence-electron chi connectivity index (χ3n) is 1.42. The van der Waals surface area contributed by atoms with Crippen LogP contribution >= 0.6 is 11.8 Å². The molecule has 1 rings (SSSR count). The van der Waals surface area contributed by atoms with E-state index < -0.39 is 4.92 Å². The number of nitro groups is 1. The molecule has 0 bridgehead atoms. The summed E-state index contributed by atoms with van der Waals surface area (Å²) >= 11 is 1.47. The zero-order valence-electron chi connectivity index (χ0n) is 6.48. The first kappa shape index (κ1) is 8.86. The summed E-state index contributed by atoms with van der Waals surface area (Å²) in [6.45, 7) is 0. The van der Waals surface area contributed by atoms with Gasteiger partial charge in [0.05, 0.1) is 10.6 Å². The van der Waals surface area contributed by atoms with Gasteiger partial charge < -0.3 is 5.73 Å². The second-order valence-corrected chi connectivity index (χ2v) is 3.03. The Kier molecular flexibility index (Phi) is 2.54. The van der Waals surface area contributed by atoms with E-state index in [-0.39, 0.29) is 5.69 Å². The number of benzene rings is 1. The fraction of sp³-hybridized carbons (Fsp3) is 0.143. The normalized spacial score (nSPS) is 9.75. The fourth-order valence-electron chi connectivity index (χ4n) is 0.835. The van der Waals surface area contributed by atoms with Crippen LogP contribution < -0.4 is 5.73 Å². The number of hydrogen-bond donors (Lipinski definition) is 1. The fourth-order valence-corrected chi connectivity index (χ4v) is 1.33. The predicted octanol–water partition coefficient (Wildman–Crippen LogP) is 1.90. The highest BCUT2D eigenvalue weighted by Crippen LogP contribution is 2.26. The summed E-state index contributed by atoms with van der Waals surface area (Å²) in [4.78, 5) is 10.7. The van der Waals surface area contributed by atoms with Crippen LogP contribution in [0.4, 0.5) is 11.4 Å². The molecule has 0 spiro atoms. The number of nitrogen functional groups attached to an aromatic ring is 1. The number of hydrogen-bond acceptors (Lipinski definition) is 4. The predicted molar refractivity (Wildman–Crippen MR) is 49.3 cm³/mol. The van der Waals surface area contributed by atoms with Gasteiger partial charge in [0.2, 0.25) is 0 Å².